The maximum atomic E-state index is 4.30. The first-order valence-electron chi connectivity index (χ1n) is 3.67. The molecule has 1 heterocycles. The molecule has 0 aliphatic rings. The molecule has 1 rings (SSSR count). The number of hydrogen-bond donors (Lipinski definition) is 1. The van der Waals surface area contributed by atoms with Crippen molar-refractivity contribution < 1.29 is 0 Å². The van der Waals surface area contributed by atoms with Crippen LogP contribution in [0.4, 0.5) is 0 Å². The molecular formula is C8H12NP. The Morgan fingerprint density at radius 2 is 2.10 bits per heavy atom. The molecule has 0 saturated carbocycles. The fourth-order valence-corrected chi connectivity index (χ4v) is 1.56. The zero-order chi connectivity index (χ0) is 7.56. The Morgan fingerprint density at radius 1 is 1.40 bits per heavy atom. The van der Waals surface area contributed by atoms with Crippen molar-refractivity contribution in [2.45, 2.75) is 26.7 Å². The van der Waals surface area contributed by atoms with E-state index in [0.717, 1.165) is 18.3 Å². The molecule has 2 heteroatoms. The zero-order valence-corrected chi connectivity index (χ0v) is 7.33. The molecule has 1 aromatic heterocycles. The second-order valence-corrected chi connectivity index (χ2v) is 2.80. The lowest BCUT2D eigenvalue weighted by atomic mass is 10.1. The Morgan fingerprint density at radius 3 is 2.50 bits per heavy atom. The monoisotopic (exact) mass is 153 g/mol. The minimum Gasteiger partial charge on any atom is -0.360 e. The highest BCUT2D eigenvalue weighted by Crippen LogP contribution is 2.09. The molecule has 0 aromatic carbocycles. The molecule has 0 fully saturated rings. The average Bonchev–Trinajstić information content (AvgIpc) is 2.30. The number of rotatable bonds is 2. The lowest BCUT2D eigenvalue weighted by Crippen LogP contribution is -1.98. The number of aromatic amines is 1. The molecule has 0 unspecified atom stereocenters. The van der Waals surface area contributed by atoms with Crippen molar-refractivity contribution in [3.8, 4) is 0 Å². The van der Waals surface area contributed by atoms with E-state index in [1.54, 1.807) is 0 Å². The van der Waals surface area contributed by atoms with E-state index in [0.29, 0.717) is 0 Å². The summed E-state index contributed by atoms with van der Waals surface area (Å²) in [6.45, 7) is 4.32. The van der Waals surface area contributed by atoms with Crippen LogP contribution < -0.4 is 5.44 Å². The van der Waals surface area contributed by atoms with Gasteiger partial charge in [-0.1, -0.05) is 13.8 Å². The fraction of sp³-hybridized carbons (Fsp3) is 0.500. The van der Waals surface area contributed by atoms with Gasteiger partial charge in [0.1, 0.15) is 0 Å². The van der Waals surface area contributed by atoms with E-state index in [2.05, 4.69) is 28.1 Å². The van der Waals surface area contributed by atoms with Gasteiger partial charge in [-0.05, 0) is 24.0 Å². The zero-order valence-electron chi connectivity index (χ0n) is 6.44. The lowest BCUT2D eigenvalue weighted by Gasteiger charge is -1.96. The Hall–Kier alpha value is -0.290. The summed E-state index contributed by atoms with van der Waals surface area (Å²) in [5.74, 6) is 0. The first-order valence-corrected chi connectivity index (χ1v) is 4.12. The third-order valence-corrected chi connectivity index (χ3v) is 2.19. The smallest absolute Gasteiger partial charge is 0.0522 e. The summed E-state index contributed by atoms with van der Waals surface area (Å²) in [7, 11) is 4.30. The predicted molar refractivity (Wildman–Crippen MR) is 46.1 cm³/mol. The second kappa shape index (κ2) is 3.21. The SMILES string of the molecule is CCc1c[nH]c([P])c1CC. The number of nitrogens with one attached hydrogen (secondary N) is 1. The van der Waals surface area contributed by atoms with Crippen LogP contribution in [0.25, 0.3) is 0 Å². The summed E-state index contributed by atoms with van der Waals surface area (Å²) in [6.07, 6.45) is 4.22. The Bertz CT molecular complexity index is 215. The molecular weight excluding hydrogens is 141 g/mol. The number of hydrogen-bond acceptors (Lipinski definition) is 0. The summed E-state index contributed by atoms with van der Waals surface area (Å²) in [6, 6.07) is 0. The molecule has 1 N–H and O–H groups in total. The number of aromatic nitrogens is 1. The molecule has 0 amide bonds. The maximum Gasteiger partial charge on any atom is 0.0522 e. The largest absolute Gasteiger partial charge is 0.360 e. The van der Waals surface area contributed by atoms with Crippen molar-refractivity contribution in [3.63, 3.8) is 0 Å². The second-order valence-electron chi connectivity index (χ2n) is 2.35. The number of H-pyrrole nitrogens is 1. The molecule has 0 aliphatic carbocycles. The van der Waals surface area contributed by atoms with Crippen LogP contribution in [0.2, 0.25) is 0 Å². The van der Waals surface area contributed by atoms with Crippen molar-refractivity contribution in [2.24, 2.45) is 0 Å². The minimum atomic E-state index is 1.03. The summed E-state index contributed by atoms with van der Waals surface area (Å²) in [5, 5.41) is 0. The third kappa shape index (κ3) is 1.24. The molecule has 10 heavy (non-hydrogen) atoms. The van der Waals surface area contributed by atoms with E-state index in [4.69, 9.17) is 0 Å². The van der Waals surface area contributed by atoms with Gasteiger partial charge in [0, 0.05) is 15.4 Å². The van der Waals surface area contributed by atoms with Crippen LogP contribution in [0.15, 0.2) is 6.20 Å². The van der Waals surface area contributed by atoms with E-state index >= 15 is 0 Å². The molecule has 0 bridgehead atoms. The van der Waals surface area contributed by atoms with Gasteiger partial charge in [-0.3, -0.25) is 0 Å². The van der Waals surface area contributed by atoms with Crippen LogP contribution in [0.3, 0.4) is 0 Å². The van der Waals surface area contributed by atoms with Gasteiger partial charge in [-0.15, -0.1) is 0 Å². The van der Waals surface area contributed by atoms with Crippen LogP contribution in [-0.4, -0.2) is 4.98 Å². The molecule has 2 radical (unpaired) electrons. The molecule has 1 nitrogen and oxygen atoms in total. The fourth-order valence-electron chi connectivity index (χ4n) is 1.19. The van der Waals surface area contributed by atoms with Gasteiger partial charge in [0.25, 0.3) is 0 Å². The Kier molecular flexibility index (Phi) is 2.50. The van der Waals surface area contributed by atoms with Gasteiger partial charge >= 0.3 is 0 Å². The van der Waals surface area contributed by atoms with Gasteiger partial charge in [-0.2, -0.15) is 0 Å². The van der Waals surface area contributed by atoms with Crippen molar-refractivity contribution in [3.05, 3.63) is 17.3 Å². The highest BCUT2D eigenvalue weighted by molar-refractivity contribution is 7.27. The van der Waals surface area contributed by atoms with Crippen LogP contribution in [0, 0.1) is 0 Å². The topological polar surface area (TPSA) is 15.8 Å². The van der Waals surface area contributed by atoms with E-state index in [1.807, 2.05) is 6.20 Å². The summed E-state index contributed by atoms with van der Waals surface area (Å²) >= 11 is 0. The first-order chi connectivity index (χ1) is 4.79. The summed E-state index contributed by atoms with van der Waals surface area (Å²) in [4.78, 5) is 3.10. The minimum absolute atomic E-state index is 1.03. The standard InChI is InChI=1S/C8H12NP/c1-3-6-5-9-8(10)7(6)4-2/h5,9H,3-4H2,1-2H3. The molecule has 0 aliphatic heterocycles. The van der Waals surface area contributed by atoms with Crippen LogP contribution in [0.1, 0.15) is 25.0 Å². The molecule has 0 atom stereocenters. The molecule has 0 spiro atoms. The van der Waals surface area contributed by atoms with E-state index in [1.165, 1.54) is 11.1 Å². The van der Waals surface area contributed by atoms with Crippen molar-refractivity contribution >= 4 is 14.7 Å². The maximum absolute atomic E-state index is 4.30. The van der Waals surface area contributed by atoms with Crippen LogP contribution >= 0.6 is 9.24 Å². The first kappa shape index (κ1) is 7.81. The molecule has 0 saturated heterocycles. The van der Waals surface area contributed by atoms with Gasteiger partial charge in [-0.25, -0.2) is 0 Å². The molecule has 1 aromatic rings. The quantitative estimate of drug-likeness (QED) is 0.627. The highest BCUT2D eigenvalue weighted by atomic mass is 31.0. The van der Waals surface area contributed by atoms with Gasteiger partial charge in [0.05, 0.1) is 5.44 Å². The van der Waals surface area contributed by atoms with Gasteiger partial charge in [0.15, 0.2) is 0 Å². The van der Waals surface area contributed by atoms with Crippen molar-refractivity contribution in [2.75, 3.05) is 0 Å². The van der Waals surface area contributed by atoms with Crippen LogP contribution in [0.5, 0.6) is 0 Å². The number of aryl methyl sites for hydroxylation is 1. The summed E-state index contributed by atoms with van der Waals surface area (Å²) < 4.78 is 0. The summed E-state index contributed by atoms with van der Waals surface area (Å²) in [5.41, 5.74) is 3.79. The third-order valence-electron chi connectivity index (χ3n) is 1.79. The Balaban J connectivity index is 3.01. The highest BCUT2D eigenvalue weighted by Gasteiger charge is 2.03. The van der Waals surface area contributed by atoms with Gasteiger partial charge in [0.2, 0.25) is 0 Å². The lowest BCUT2D eigenvalue weighted by molar-refractivity contribution is 1.06. The van der Waals surface area contributed by atoms with E-state index in [-0.39, 0.29) is 0 Å². The molecule has 54 valence electrons. The normalized spacial score (nSPS) is 10.3. The van der Waals surface area contributed by atoms with E-state index in [9.17, 15) is 0 Å². The van der Waals surface area contributed by atoms with Gasteiger partial charge < -0.3 is 4.98 Å². The van der Waals surface area contributed by atoms with Crippen molar-refractivity contribution in [1.82, 2.24) is 4.98 Å². The van der Waals surface area contributed by atoms with E-state index < -0.39 is 0 Å². The average molecular weight is 153 g/mol. The van der Waals surface area contributed by atoms with Crippen molar-refractivity contribution in [1.29, 1.82) is 0 Å². The predicted octanol–water partition coefficient (Wildman–Crippen LogP) is 2.18. The Labute approximate surface area is 64.4 Å². The van der Waals surface area contributed by atoms with Crippen LogP contribution in [-0.2, 0) is 12.8 Å².